The Kier molecular flexibility index (Phi) is 4.34. The second-order valence-electron chi connectivity index (χ2n) is 5.41. The second-order valence-corrected chi connectivity index (χ2v) is 6.53. The molecule has 2 atom stereocenters. The first-order chi connectivity index (χ1) is 9.72. The number of rotatable bonds is 5. The molecule has 1 aliphatic rings. The summed E-state index contributed by atoms with van der Waals surface area (Å²) in [6.07, 6.45) is 4.99. The van der Waals surface area contributed by atoms with Crippen molar-refractivity contribution in [1.29, 1.82) is 0 Å². The average molecular weight is 294 g/mol. The molecule has 0 spiro atoms. The summed E-state index contributed by atoms with van der Waals surface area (Å²) in [5, 5.41) is 11.1. The molecule has 2 nitrogen and oxygen atoms in total. The zero-order valence-electron chi connectivity index (χ0n) is 11.3. The Morgan fingerprint density at radius 2 is 2.30 bits per heavy atom. The Balaban J connectivity index is 1.58. The standard InChI is InChI=1S/C16H19FO2S/c17-12-6-7-15-11(9-12)10-16(20-15)14(18)5-1-3-13-4-2-8-19-13/h6-7,9-10,13-14,18H,1-5,8H2. The van der Waals surface area contributed by atoms with Gasteiger partial charge in [0.1, 0.15) is 5.82 Å². The van der Waals surface area contributed by atoms with Gasteiger partial charge in [-0.15, -0.1) is 11.3 Å². The number of hydrogen-bond acceptors (Lipinski definition) is 3. The van der Waals surface area contributed by atoms with E-state index >= 15 is 0 Å². The molecule has 1 aromatic heterocycles. The summed E-state index contributed by atoms with van der Waals surface area (Å²) >= 11 is 1.55. The molecule has 0 aliphatic carbocycles. The summed E-state index contributed by atoms with van der Waals surface area (Å²) in [6.45, 7) is 0.884. The first-order valence-corrected chi connectivity index (χ1v) is 8.03. The van der Waals surface area contributed by atoms with Crippen LogP contribution in [0.3, 0.4) is 0 Å². The Labute approximate surface area is 122 Å². The number of ether oxygens (including phenoxy) is 1. The van der Waals surface area contributed by atoms with Gasteiger partial charge in [-0.25, -0.2) is 4.39 Å². The maximum Gasteiger partial charge on any atom is 0.123 e. The van der Waals surface area contributed by atoms with Crippen molar-refractivity contribution in [2.75, 3.05) is 6.61 Å². The van der Waals surface area contributed by atoms with Crippen molar-refractivity contribution >= 4 is 21.4 Å². The Morgan fingerprint density at radius 1 is 1.40 bits per heavy atom. The van der Waals surface area contributed by atoms with Crippen molar-refractivity contribution in [3.05, 3.63) is 35.0 Å². The first-order valence-electron chi connectivity index (χ1n) is 7.21. The van der Waals surface area contributed by atoms with Gasteiger partial charge in [-0.3, -0.25) is 0 Å². The Hall–Kier alpha value is -0.970. The molecule has 1 N–H and O–H groups in total. The van der Waals surface area contributed by atoms with Crippen molar-refractivity contribution in [1.82, 2.24) is 0 Å². The van der Waals surface area contributed by atoms with Gasteiger partial charge in [-0.05, 0) is 61.8 Å². The highest BCUT2D eigenvalue weighted by atomic mass is 32.1. The molecule has 0 bridgehead atoms. The molecule has 0 saturated carbocycles. The molecular weight excluding hydrogens is 275 g/mol. The van der Waals surface area contributed by atoms with Crippen LogP contribution >= 0.6 is 11.3 Å². The lowest BCUT2D eigenvalue weighted by Crippen LogP contribution is -2.05. The third-order valence-corrected chi connectivity index (χ3v) is 5.07. The van der Waals surface area contributed by atoms with E-state index in [1.165, 1.54) is 12.1 Å². The lowest BCUT2D eigenvalue weighted by atomic mass is 10.1. The predicted molar refractivity (Wildman–Crippen MR) is 79.6 cm³/mol. The summed E-state index contributed by atoms with van der Waals surface area (Å²) in [6, 6.07) is 6.67. The van der Waals surface area contributed by atoms with Crippen LogP contribution in [-0.4, -0.2) is 17.8 Å². The molecule has 2 aromatic rings. The van der Waals surface area contributed by atoms with Gasteiger partial charge in [0.25, 0.3) is 0 Å². The highest BCUT2D eigenvalue weighted by molar-refractivity contribution is 7.19. The number of benzene rings is 1. The van der Waals surface area contributed by atoms with Gasteiger partial charge >= 0.3 is 0 Å². The van der Waals surface area contributed by atoms with E-state index in [-0.39, 0.29) is 5.82 Å². The van der Waals surface area contributed by atoms with E-state index in [0.29, 0.717) is 6.10 Å². The lowest BCUT2D eigenvalue weighted by molar-refractivity contribution is 0.0949. The molecule has 0 radical (unpaired) electrons. The van der Waals surface area contributed by atoms with Crippen molar-refractivity contribution in [3.63, 3.8) is 0 Å². The van der Waals surface area contributed by atoms with Crippen molar-refractivity contribution < 1.29 is 14.2 Å². The van der Waals surface area contributed by atoms with E-state index in [2.05, 4.69) is 0 Å². The van der Waals surface area contributed by atoms with Gasteiger partial charge in [0.05, 0.1) is 12.2 Å². The van der Waals surface area contributed by atoms with Crippen LogP contribution in [0.1, 0.15) is 43.1 Å². The maximum atomic E-state index is 13.2. The summed E-state index contributed by atoms with van der Waals surface area (Å²) in [5.41, 5.74) is 0. The van der Waals surface area contributed by atoms with E-state index in [0.717, 1.165) is 53.7 Å². The number of halogens is 1. The molecule has 1 saturated heterocycles. The largest absolute Gasteiger partial charge is 0.388 e. The molecule has 1 fully saturated rings. The van der Waals surface area contributed by atoms with Crippen LogP contribution in [0.25, 0.3) is 10.1 Å². The zero-order valence-corrected chi connectivity index (χ0v) is 12.2. The van der Waals surface area contributed by atoms with E-state index in [4.69, 9.17) is 4.74 Å². The number of fused-ring (bicyclic) bond motifs is 1. The van der Waals surface area contributed by atoms with Crippen LogP contribution in [0.4, 0.5) is 4.39 Å². The maximum absolute atomic E-state index is 13.2. The van der Waals surface area contributed by atoms with Crippen molar-refractivity contribution in [2.45, 2.75) is 44.3 Å². The molecule has 108 valence electrons. The fourth-order valence-corrected chi connectivity index (χ4v) is 3.82. The second kappa shape index (κ2) is 6.20. The Morgan fingerprint density at radius 3 is 3.10 bits per heavy atom. The minimum absolute atomic E-state index is 0.227. The molecule has 2 heterocycles. The van der Waals surface area contributed by atoms with E-state index < -0.39 is 6.10 Å². The van der Waals surface area contributed by atoms with Crippen LogP contribution in [-0.2, 0) is 4.74 Å². The quantitative estimate of drug-likeness (QED) is 0.884. The van der Waals surface area contributed by atoms with E-state index in [1.54, 1.807) is 17.4 Å². The highest BCUT2D eigenvalue weighted by Gasteiger charge is 2.17. The molecule has 20 heavy (non-hydrogen) atoms. The normalized spacial score (nSPS) is 20.6. The number of aliphatic hydroxyl groups is 1. The molecule has 1 aromatic carbocycles. The fourth-order valence-electron chi connectivity index (χ4n) is 2.75. The van der Waals surface area contributed by atoms with Gasteiger partial charge in [-0.1, -0.05) is 0 Å². The Bertz CT molecular complexity index is 575. The third kappa shape index (κ3) is 3.19. The number of thiophene rings is 1. The molecule has 4 heteroatoms. The van der Waals surface area contributed by atoms with Gasteiger partial charge < -0.3 is 9.84 Å². The lowest BCUT2D eigenvalue weighted by Gasteiger charge is -2.11. The van der Waals surface area contributed by atoms with Crippen molar-refractivity contribution in [2.24, 2.45) is 0 Å². The zero-order chi connectivity index (χ0) is 13.9. The first kappa shape index (κ1) is 14.0. The van der Waals surface area contributed by atoms with E-state index in [1.807, 2.05) is 6.07 Å². The van der Waals surface area contributed by atoms with Crippen LogP contribution in [0, 0.1) is 5.82 Å². The minimum Gasteiger partial charge on any atom is -0.388 e. The van der Waals surface area contributed by atoms with Gasteiger partial charge in [-0.2, -0.15) is 0 Å². The summed E-state index contributed by atoms with van der Waals surface area (Å²) < 4.78 is 19.8. The molecule has 1 aliphatic heterocycles. The SMILES string of the molecule is OC(CCCC1CCCO1)c1cc2cc(F)ccc2s1. The predicted octanol–water partition coefficient (Wildman–Crippen LogP) is 4.42. The summed E-state index contributed by atoms with van der Waals surface area (Å²) in [7, 11) is 0. The molecular formula is C16H19FO2S. The summed E-state index contributed by atoms with van der Waals surface area (Å²) in [4.78, 5) is 0.929. The average Bonchev–Trinajstić information content (AvgIpc) is 3.06. The number of hydrogen-bond donors (Lipinski definition) is 1. The smallest absolute Gasteiger partial charge is 0.123 e. The van der Waals surface area contributed by atoms with Crippen LogP contribution in [0.5, 0.6) is 0 Å². The van der Waals surface area contributed by atoms with Gasteiger partial charge in [0, 0.05) is 16.2 Å². The molecule has 0 amide bonds. The highest BCUT2D eigenvalue weighted by Crippen LogP contribution is 2.33. The monoisotopic (exact) mass is 294 g/mol. The minimum atomic E-state index is -0.447. The van der Waals surface area contributed by atoms with Gasteiger partial charge in [0.15, 0.2) is 0 Å². The molecule has 2 unspecified atom stereocenters. The van der Waals surface area contributed by atoms with Crippen LogP contribution in [0.15, 0.2) is 24.3 Å². The topological polar surface area (TPSA) is 29.5 Å². The summed E-state index contributed by atoms with van der Waals surface area (Å²) in [5.74, 6) is -0.227. The fraction of sp³-hybridized carbons (Fsp3) is 0.500. The number of aliphatic hydroxyl groups excluding tert-OH is 1. The van der Waals surface area contributed by atoms with Crippen LogP contribution in [0.2, 0.25) is 0 Å². The van der Waals surface area contributed by atoms with Crippen molar-refractivity contribution in [3.8, 4) is 0 Å². The third-order valence-electron chi connectivity index (χ3n) is 3.85. The van der Waals surface area contributed by atoms with Gasteiger partial charge in [0.2, 0.25) is 0 Å². The van der Waals surface area contributed by atoms with E-state index in [9.17, 15) is 9.50 Å². The molecule has 3 rings (SSSR count). The van der Waals surface area contributed by atoms with Crippen LogP contribution < -0.4 is 0 Å².